The van der Waals surface area contributed by atoms with Crippen molar-refractivity contribution in [2.45, 2.75) is 69.7 Å². The molecule has 6 nitrogen and oxygen atoms in total. The first-order valence-corrected chi connectivity index (χ1v) is 17.3. The maximum absolute atomic E-state index is 14.2. The standard InChI is InChI=1S/C37H40F4N4O2S/c1-3-43(4-2)21-22-44(23-26-9-13-28(14-10-26)29-15-17-30(18-16-29)37(39,40)41)34(46)24-45-33-8-6-5-7-32(33)35(47)42-36(45)48-25-27-11-19-31(38)20-12-27/h9-20H,3-8,21-25H2,1-2H3. The minimum Gasteiger partial charge on any atom is -0.336 e. The largest absolute Gasteiger partial charge is 0.416 e. The van der Waals surface area contributed by atoms with E-state index >= 15 is 0 Å². The molecule has 0 fully saturated rings. The van der Waals surface area contributed by atoms with Crippen molar-refractivity contribution in [3.05, 3.63) is 117 Å². The summed E-state index contributed by atoms with van der Waals surface area (Å²) in [5, 5.41) is 0.475. The Labute approximate surface area is 282 Å². The second-order valence-electron chi connectivity index (χ2n) is 11.9. The SMILES string of the molecule is CCN(CC)CCN(Cc1ccc(-c2ccc(C(F)(F)F)cc2)cc1)C(=O)Cn1c(SCc2ccc(F)cc2)nc(=O)c2c1CCCC2. The average molecular weight is 681 g/mol. The highest BCUT2D eigenvalue weighted by atomic mass is 32.2. The van der Waals surface area contributed by atoms with E-state index in [1.165, 1.54) is 36.0 Å². The number of carbonyl (C=O) groups excluding carboxylic acids is 1. The number of hydrogen-bond donors (Lipinski definition) is 0. The van der Waals surface area contributed by atoms with Crippen LogP contribution in [0.4, 0.5) is 17.6 Å². The quantitative estimate of drug-likeness (QED) is 0.0827. The number of thioether (sulfide) groups is 1. The fourth-order valence-electron chi connectivity index (χ4n) is 5.95. The van der Waals surface area contributed by atoms with E-state index in [-0.39, 0.29) is 23.8 Å². The Morgan fingerprint density at radius 1 is 0.854 bits per heavy atom. The lowest BCUT2D eigenvalue weighted by atomic mass is 9.97. The van der Waals surface area contributed by atoms with Gasteiger partial charge in [0.2, 0.25) is 5.91 Å². The van der Waals surface area contributed by atoms with Crippen molar-refractivity contribution in [1.82, 2.24) is 19.4 Å². The Bertz CT molecular complexity index is 1740. The lowest BCUT2D eigenvalue weighted by Crippen LogP contribution is -2.41. The molecule has 254 valence electrons. The van der Waals surface area contributed by atoms with Crippen LogP contribution < -0.4 is 5.56 Å². The van der Waals surface area contributed by atoms with Gasteiger partial charge in [-0.2, -0.15) is 18.2 Å². The zero-order valence-electron chi connectivity index (χ0n) is 27.2. The van der Waals surface area contributed by atoms with E-state index in [9.17, 15) is 27.2 Å². The monoisotopic (exact) mass is 680 g/mol. The molecule has 0 radical (unpaired) electrons. The topological polar surface area (TPSA) is 58.4 Å². The van der Waals surface area contributed by atoms with Crippen LogP contribution in [0.1, 0.15) is 54.6 Å². The molecule has 0 aliphatic heterocycles. The summed E-state index contributed by atoms with van der Waals surface area (Å²) in [7, 11) is 0. The van der Waals surface area contributed by atoms with Gasteiger partial charge < -0.3 is 14.4 Å². The average Bonchev–Trinajstić information content (AvgIpc) is 3.09. The van der Waals surface area contributed by atoms with Crippen LogP contribution in [0.3, 0.4) is 0 Å². The molecule has 0 atom stereocenters. The maximum atomic E-state index is 14.2. The molecule has 0 saturated carbocycles. The van der Waals surface area contributed by atoms with E-state index in [0.29, 0.717) is 54.5 Å². The fraction of sp³-hybridized carbons (Fsp3) is 0.378. The molecule has 1 amide bonds. The van der Waals surface area contributed by atoms with E-state index in [1.807, 2.05) is 33.7 Å². The van der Waals surface area contributed by atoms with Gasteiger partial charge in [0.15, 0.2) is 5.16 Å². The van der Waals surface area contributed by atoms with Crippen molar-refractivity contribution in [2.75, 3.05) is 26.2 Å². The van der Waals surface area contributed by atoms with Gasteiger partial charge in [0.1, 0.15) is 12.4 Å². The summed E-state index contributed by atoms with van der Waals surface area (Å²) in [6.45, 7) is 7.43. The number of halogens is 4. The van der Waals surface area contributed by atoms with Crippen molar-refractivity contribution >= 4 is 17.7 Å². The van der Waals surface area contributed by atoms with Gasteiger partial charge >= 0.3 is 6.18 Å². The Morgan fingerprint density at radius 2 is 1.46 bits per heavy atom. The van der Waals surface area contributed by atoms with Gasteiger partial charge in [0.25, 0.3) is 5.56 Å². The van der Waals surface area contributed by atoms with Gasteiger partial charge in [-0.25, -0.2) is 4.39 Å². The zero-order valence-corrected chi connectivity index (χ0v) is 28.0. The summed E-state index contributed by atoms with van der Waals surface area (Å²) in [6, 6.07) is 18.8. The number of aromatic nitrogens is 2. The van der Waals surface area contributed by atoms with E-state index in [0.717, 1.165) is 60.4 Å². The number of benzene rings is 3. The Hall–Kier alpha value is -3.96. The number of amides is 1. The van der Waals surface area contributed by atoms with Crippen LogP contribution in [0, 0.1) is 5.82 Å². The highest BCUT2D eigenvalue weighted by Crippen LogP contribution is 2.31. The summed E-state index contributed by atoms with van der Waals surface area (Å²) in [4.78, 5) is 35.7. The summed E-state index contributed by atoms with van der Waals surface area (Å²) >= 11 is 1.37. The lowest BCUT2D eigenvalue weighted by molar-refractivity contribution is -0.137. The van der Waals surface area contributed by atoms with Crippen LogP contribution in [-0.2, 0) is 42.7 Å². The van der Waals surface area contributed by atoms with Crippen molar-refractivity contribution < 1.29 is 22.4 Å². The maximum Gasteiger partial charge on any atom is 0.416 e. The van der Waals surface area contributed by atoms with Gasteiger partial charge in [-0.05, 0) is 85.3 Å². The van der Waals surface area contributed by atoms with E-state index in [2.05, 4.69) is 23.7 Å². The third-order valence-corrected chi connectivity index (χ3v) is 9.88. The van der Waals surface area contributed by atoms with Gasteiger partial charge in [0.05, 0.1) is 5.56 Å². The predicted octanol–water partition coefficient (Wildman–Crippen LogP) is 7.61. The number of carbonyl (C=O) groups is 1. The molecule has 48 heavy (non-hydrogen) atoms. The molecule has 0 spiro atoms. The van der Waals surface area contributed by atoms with Crippen molar-refractivity contribution in [3.63, 3.8) is 0 Å². The predicted molar refractivity (Wildman–Crippen MR) is 181 cm³/mol. The smallest absolute Gasteiger partial charge is 0.336 e. The van der Waals surface area contributed by atoms with Crippen LogP contribution >= 0.6 is 11.8 Å². The van der Waals surface area contributed by atoms with Gasteiger partial charge in [-0.1, -0.05) is 74.1 Å². The minimum atomic E-state index is -4.39. The molecule has 11 heteroatoms. The van der Waals surface area contributed by atoms with Crippen LogP contribution in [0.2, 0.25) is 0 Å². The molecule has 0 unspecified atom stereocenters. The van der Waals surface area contributed by atoms with Crippen LogP contribution in [0.25, 0.3) is 11.1 Å². The number of rotatable bonds is 13. The van der Waals surface area contributed by atoms with Crippen LogP contribution in [0.5, 0.6) is 0 Å². The highest BCUT2D eigenvalue weighted by Gasteiger charge is 2.30. The molecule has 5 rings (SSSR count). The van der Waals surface area contributed by atoms with Crippen molar-refractivity contribution in [3.8, 4) is 11.1 Å². The Balaban J connectivity index is 1.39. The number of likely N-dealkylation sites (N-methyl/N-ethyl adjacent to an activating group) is 1. The third kappa shape index (κ3) is 8.93. The van der Waals surface area contributed by atoms with Crippen LogP contribution in [0.15, 0.2) is 82.7 Å². The molecule has 4 aromatic rings. The van der Waals surface area contributed by atoms with E-state index in [1.54, 1.807) is 12.1 Å². The van der Waals surface area contributed by atoms with Crippen molar-refractivity contribution in [1.29, 1.82) is 0 Å². The summed E-state index contributed by atoms with van der Waals surface area (Å²) in [5.41, 5.74) is 3.82. The number of nitrogens with zero attached hydrogens (tertiary/aromatic N) is 4. The second-order valence-corrected chi connectivity index (χ2v) is 12.9. The first-order chi connectivity index (χ1) is 23.0. The minimum absolute atomic E-state index is 0.0310. The fourth-order valence-corrected chi connectivity index (χ4v) is 6.92. The summed E-state index contributed by atoms with van der Waals surface area (Å²) in [5.74, 6) is 0.0458. The van der Waals surface area contributed by atoms with Gasteiger partial charge in [-0.3, -0.25) is 9.59 Å². The molecular formula is C37H40F4N4O2S. The van der Waals surface area contributed by atoms with E-state index < -0.39 is 11.7 Å². The normalized spacial score (nSPS) is 13.1. The van der Waals surface area contributed by atoms with Gasteiger partial charge in [-0.15, -0.1) is 0 Å². The summed E-state index contributed by atoms with van der Waals surface area (Å²) in [6.07, 6.45) is -1.25. The third-order valence-electron chi connectivity index (χ3n) is 8.83. The van der Waals surface area contributed by atoms with Crippen molar-refractivity contribution in [2.24, 2.45) is 0 Å². The number of hydrogen-bond acceptors (Lipinski definition) is 5. The number of fused-ring (bicyclic) bond motifs is 1. The van der Waals surface area contributed by atoms with Gasteiger partial charge in [0, 0.05) is 36.6 Å². The first kappa shape index (κ1) is 35.3. The first-order valence-electron chi connectivity index (χ1n) is 16.3. The highest BCUT2D eigenvalue weighted by molar-refractivity contribution is 7.98. The molecule has 3 aromatic carbocycles. The molecule has 1 aliphatic rings. The van der Waals surface area contributed by atoms with Crippen LogP contribution in [-0.4, -0.2) is 51.4 Å². The zero-order chi connectivity index (χ0) is 34.3. The number of alkyl halides is 3. The summed E-state index contributed by atoms with van der Waals surface area (Å²) < 4.78 is 54.5. The lowest BCUT2D eigenvalue weighted by Gasteiger charge is -2.29. The molecule has 0 N–H and O–H groups in total. The molecule has 0 bridgehead atoms. The Morgan fingerprint density at radius 3 is 2.08 bits per heavy atom. The molecule has 1 aromatic heterocycles. The molecule has 1 heterocycles. The molecular weight excluding hydrogens is 640 g/mol. The van der Waals surface area contributed by atoms with E-state index in [4.69, 9.17) is 0 Å². The molecule has 0 saturated heterocycles. The second kappa shape index (κ2) is 16.0. The molecule has 1 aliphatic carbocycles. The Kier molecular flexibility index (Phi) is 11.8.